The van der Waals surface area contributed by atoms with Gasteiger partial charge in [-0.05, 0) is 46.4 Å². The van der Waals surface area contributed by atoms with Gasteiger partial charge in [-0.3, -0.25) is 4.79 Å². The average molecular weight is 449 g/mol. The summed E-state index contributed by atoms with van der Waals surface area (Å²) in [5, 5.41) is 23.1. The number of halogens is 1. The number of rotatable bonds is 8. The van der Waals surface area contributed by atoms with Crippen LogP contribution < -0.4 is 5.32 Å². The smallest absolute Gasteiger partial charge is 0.407 e. The minimum absolute atomic E-state index is 0.0408. The van der Waals surface area contributed by atoms with Gasteiger partial charge in [-0.1, -0.05) is 54.6 Å². The number of nitrogens with one attached hydrogen (secondary N) is 1. The van der Waals surface area contributed by atoms with Crippen molar-refractivity contribution in [1.29, 1.82) is 0 Å². The van der Waals surface area contributed by atoms with Crippen molar-refractivity contribution in [1.82, 2.24) is 5.32 Å². The van der Waals surface area contributed by atoms with Crippen molar-refractivity contribution in [3.63, 3.8) is 0 Å². The van der Waals surface area contributed by atoms with Gasteiger partial charge in [-0.15, -0.1) is 0 Å². The van der Waals surface area contributed by atoms with Gasteiger partial charge >= 0.3 is 6.09 Å². The molecule has 3 N–H and O–H groups in total. The average Bonchev–Trinajstić information content (AvgIpc) is 3.16. The van der Waals surface area contributed by atoms with E-state index in [9.17, 15) is 24.2 Å². The Morgan fingerprint density at radius 2 is 1.67 bits per heavy atom. The highest BCUT2D eigenvalue weighted by Gasteiger charge is 2.29. The number of carbonyl (C=O) groups is 2. The summed E-state index contributed by atoms with van der Waals surface area (Å²) in [5.74, 6) is -0.756. The number of aliphatic hydroxyl groups is 2. The minimum Gasteiger partial charge on any atom is -0.449 e. The predicted octanol–water partition coefficient (Wildman–Crippen LogP) is 3.96. The first-order valence-corrected chi connectivity index (χ1v) is 10.7. The molecule has 0 fully saturated rings. The Morgan fingerprint density at radius 1 is 1.03 bits per heavy atom. The number of benzene rings is 3. The van der Waals surface area contributed by atoms with Crippen molar-refractivity contribution < 1.29 is 28.9 Å². The Kier molecular flexibility index (Phi) is 6.82. The standard InChI is InChI=1S/C26H24FNO5/c27-23-10-9-16(13-17(23)14-29)25(31)24(30)11-12-28-26(32)33-15-22-20-7-3-1-5-18(20)19-6-2-4-8-21(19)22/h1-10,13-14,22,24-25,30-31H,11-12,15H2,(H,28,32). The van der Waals surface area contributed by atoms with E-state index in [0.29, 0.717) is 6.29 Å². The fourth-order valence-corrected chi connectivity index (χ4v) is 4.19. The summed E-state index contributed by atoms with van der Waals surface area (Å²) in [6.07, 6.45) is -2.78. The van der Waals surface area contributed by atoms with Crippen molar-refractivity contribution in [2.45, 2.75) is 24.5 Å². The lowest BCUT2D eigenvalue weighted by Crippen LogP contribution is -2.30. The van der Waals surface area contributed by atoms with Gasteiger partial charge in [-0.2, -0.15) is 0 Å². The summed E-state index contributed by atoms with van der Waals surface area (Å²) in [4.78, 5) is 23.1. The Morgan fingerprint density at radius 3 is 2.30 bits per heavy atom. The van der Waals surface area contributed by atoms with Gasteiger partial charge < -0.3 is 20.3 Å². The fourth-order valence-electron chi connectivity index (χ4n) is 4.19. The SMILES string of the molecule is O=Cc1cc(C(O)C(O)CCNC(=O)OCC2c3ccccc3-c3ccccc32)ccc1F. The van der Waals surface area contributed by atoms with Crippen molar-refractivity contribution in [2.75, 3.05) is 13.2 Å². The molecule has 0 aromatic heterocycles. The molecule has 1 aliphatic rings. The largest absolute Gasteiger partial charge is 0.449 e. The molecule has 0 bridgehead atoms. The maximum Gasteiger partial charge on any atom is 0.407 e. The zero-order valence-electron chi connectivity index (χ0n) is 17.8. The molecule has 2 atom stereocenters. The summed E-state index contributed by atoms with van der Waals surface area (Å²) in [6.45, 7) is 0.242. The molecule has 170 valence electrons. The third-order valence-electron chi connectivity index (χ3n) is 5.91. The van der Waals surface area contributed by atoms with Crippen LogP contribution in [-0.2, 0) is 4.74 Å². The number of aliphatic hydroxyl groups excluding tert-OH is 2. The van der Waals surface area contributed by atoms with Crippen LogP contribution in [-0.4, -0.2) is 41.8 Å². The number of hydrogen-bond acceptors (Lipinski definition) is 5. The van der Waals surface area contributed by atoms with Crippen LogP contribution >= 0.6 is 0 Å². The van der Waals surface area contributed by atoms with Gasteiger partial charge in [0.05, 0.1) is 11.7 Å². The highest BCUT2D eigenvalue weighted by atomic mass is 19.1. The van der Waals surface area contributed by atoms with Gasteiger partial charge in [0, 0.05) is 12.5 Å². The van der Waals surface area contributed by atoms with Gasteiger partial charge in [0.25, 0.3) is 0 Å². The first-order valence-electron chi connectivity index (χ1n) is 10.7. The number of amides is 1. The molecule has 0 spiro atoms. The lowest BCUT2D eigenvalue weighted by Gasteiger charge is -2.19. The molecule has 4 rings (SSSR count). The highest BCUT2D eigenvalue weighted by molar-refractivity contribution is 5.79. The summed E-state index contributed by atoms with van der Waals surface area (Å²) in [7, 11) is 0. The zero-order valence-corrected chi connectivity index (χ0v) is 17.8. The third-order valence-corrected chi connectivity index (χ3v) is 5.91. The van der Waals surface area contributed by atoms with E-state index >= 15 is 0 Å². The molecule has 0 aliphatic heterocycles. The number of carbonyl (C=O) groups excluding carboxylic acids is 2. The van der Waals surface area contributed by atoms with E-state index in [1.807, 2.05) is 36.4 Å². The maximum atomic E-state index is 13.4. The number of aldehydes is 1. The second kappa shape index (κ2) is 9.94. The van der Waals surface area contributed by atoms with E-state index in [-0.39, 0.29) is 36.6 Å². The number of hydrogen-bond donors (Lipinski definition) is 3. The predicted molar refractivity (Wildman–Crippen MR) is 120 cm³/mol. The van der Waals surface area contributed by atoms with E-state index in [1.54, 1.807) is 0 Å². The first kappa shape index (κ1) is 22.6. The van der Waals surface area contributed by atoms with Crippen molar-refractivity contribution in [2.24, 2.45) is 0 Å². The highest BCUT2D eigenvalue weighted by Crippen LogP contribution is 2.44. The Hall–Kier alpha value is -3.55. The molecule has 1 aliphatic carbocycles. The van der Waals surface area contributed by atoms with Crippen LogP contribution in [0.15, 0.2) is 66.7 Å². The molecule has 33 heavy (non-hydrogen) atoms. The van der Waals surface area contributed by atoms with E-state index in [1.165, 1.54) is 12.1 Å². The second-order valence-corrected chi connectivity index (χ2v) is 7.95. The minimum atomic E-state index is -1.33. The van der Waals surface area contributed by atoms with Crippen molar-refractivity contribution in [3.8, 4) is 11.1 Å². The topological polar surface area (TPSA) is 95.9 Å². The van der Waals surface area contributed by atoms with Gasteiger partial charge in [0.1, 0.15) is 18.5 Å². The molecule has 1 amide bonds. The quantitative estimate of drug-likeness (QED) is 0.453. The first-order chi connectivity index (χ1) is 16.0. The Bertz CT molecular complexity index is 1120. The monoisotopic (exact) mass is 449 g/mol. The number of fused-ring (bicyclic) bond motifs is 3. The molecule has 0 radical (unpaired) electrons. The van der Waals surface area contributed by atoms with Gasteiger partial charge in [0.15, 0.2) is 6.29 Å². The lowest BCUT2D eigenvalue weighted by atomic mass is 9.98. The molecule has 0 saturated carbocycles. The van der Waals surface area contributed by atoms with Crippen LogP contribution in [0.2, 0.25) is 0 Å². The van der Waals surface area contributed by atoms with E-state index in [0.717, 1.165) is 28.3 Å². The number of alkyl carbamates (subject to hydrolysis) is 1. The van der Waals surface area contributed by atoms with E-state index < -0.39 is 24.1 Å². The third kappa shape index (κ3) is 4.79. The van der Waals surface area contributed by atoms with E-state index in [2.05, 4.69) is 17.4 Å². The van der Waals surface area contributed by atoms with Gasteiger partial charge in [0.2, 0.25) is 0 Å². The fraction of sp³-hybridized carbons (Fsp3) is 0.231. The molecule has 0 heterocycles. The lowest BCUT2D eigenvalue weighted by molar-refractivity contribution is 0.0136. The Labute approximate surface area is 190 Å². The second-order valence-electron chi connectivity index (χ2n) is 7.95. The van der Waals surface area contributed by atoms with Crippen LogP contribution in [0.3, 0.4) is 0 Å². The van der Waals surface area contributed by atoms with Crippen molar-refractivity contribution >= 4 is 12.4 Å². The van der Waals surface area contributed by atoms with Crippen molar-refractivity contribution in [3.05, 3.63) is 94.8 Å². The van der Waals surface area contributed by atoms with Crippen LogP contribution in [0.5, 0.6) is 0 Å². The zero-order chi connectivity index (χ0) is 23.4. The molecular formula is C26H24FNO5. The molecule has 3 aromatic rings. The molecular weight excluding hydrogens is 425 g/mol. The molecule has 2 unspecified atom stereocenters. The maximum absolute atomic E-state index is 13.4. The van der Waals surface area contributed by atoms with Crippen LogP contribution in [0, 0.1) is 5.82 Å². The molecule has 3 aromatic carbocycles. The van der Waals surface area contributed by atoms with Crippen LogP contribution in [0.4, 0.5) is 9.18 Å². The summed E-state index contributed by atoms with van der Waals surface area (Å²) in [6, 6.07) is 19.6. The summed E-state index contributed by atoms with van der Waals surface area (Å²) in [5.41, 5.74) is 4.51. The van der Waals surface area contributed by atoms with Gasteiger partial charge in [-0.25, -0.2) is 9.18 Å². The molecule has 7 heteroatoms. The summed E-state index contributed by atoms with van der Waals surface area (Å²) >= 11 is 0. The van der Waals surface area contributed by atoms with Crippen LogP contribution in [0.1, 0.15) is 45.5 Å². The normalized spacial score (nSPS) is 14.2. The van der Waals surface area contributed by atoms with Crippen LogP contribution in [0.25, 0.3) is 11.1 Å². The molecule has 6 nitrogen and oxygen atoms in total. The van der Waals surface area contributed by atoms with E-state index in [4.69, 9.17) is 4.74 Å². The Balaban J connectivity index is 1.28. The number of ether oxygens (including phenoxy) is 1. The summed E-state index contributed by atoms with van der Waals surface area (Å²) < 4.78 is 18.9. The molecule has 0 saturated heterocycles.